The van der Waals surface area contributed by atoms with Gasteiger partial charge in [-0.25, -0.2) is 0 Å². The maximum absolute atomic E-state index is 9.79. The number of carbonyl (C=O) groups excluding carboxylic acids is 1. The summed E-state index contributed by atoms with van der Waals surface area (Å²) < 4.78 is 4.78. The lowest BCUT2D eigenvalue weighted by Gasteiger charge is -1.97. The predicted molar refractivity (Wildman–Crippen MR) is 31.4 cm³/mol. The van der Waals surface area contributed by atoms with E-state index in [1.165, 1.54) is 0 Å². The van der Waals surface area contributed by atoms with Gasteiger partial charge < -0.3 is 4.74 Å². The van der Waals surface area contributed by atoms with Crippen molar-refractivity contribution in [1.29, 1.82) is 0 Å². The molecule has 0 amide bonds. The fourth-order valence-electron chi connectivity index (χ4n) is 0.267. The smallest absolute Gasteiger partial charge is 0.184 e. The Balaban J connectivity index is 3.11. The van der Waals surface area contributed by atoms with Crippen LogP contribution in [-0.4, -0.2) is 12.9 Å². The Morgan fingerprint density at radius 3 is 2.88 bits per heavy atom. The fourth-order valence-corrected chi connectivity index (χ4v) is 0.267. The molecule has 0 heterocycles. The average Bonchev–Trinajstić information content (AvgIpc) is 1.83. The molecule has 0 radical (unpaired) electrons. The van der Waals surface area contributed by atoms with E-state index in [1.54, 1.807) is 0 Å². The van der Waals surface area contributed by atoms with Gasteiger partial charge in [0, 0.05) is 0 Å². The van der Waals surface area contributed by atoms with Gasteiger partial charge in [0.15, 0.2) is 12.0 Å². The number of hydrogen-bond donors (Lipinski definition) is 0. The minimum absolute atomic E-state index is 0.215. The third kappa shape index (κ3) is 3.40. The first-order valence-corrected chi connectivity index (χ1v) is 2.58. The molecule has 8 heavy (non-hydrogen) atoms. The number of carbonyl (C=O) groups is 1. The van der Waals surface area contributed by atoms with Gasteiger partial charge in [0.05, 0.1) is 6.61 Å². The van der Waals surface area contributed by atoms with E-state index in [0.717, 1.165) is 6.42 Å². The maximum Gasteiger partial charge on any atom is 0.184 e. The summed E-state index contributed by atoms with van der Waals surface area (Å²) in [6.07, 6.45) is 1.52. The maximum atomic E-state index is 9.79. The summed E-state index contributed by atoms with van der Waals surface area (Å²) in [4.78, 5) is 9.79. The van der Waals surface area contributed by atoms with Crippen molar-refractivity contribution >= 4 is 6.29 Å². The normalized spacial score (nSPS) is 8.12. The Kier molecular flexibility index (Phi) is 3.94. The van der Waals surface area contributed by atoms with E-state index in [1.807, 2.05) is 6.92 Å². The summed E-state index contributed by atoms with van der Waals surface area (Å²) in [5, 5.41) is 0. The lowest BCUT2D eigenvalue weighted by molar-refractivity contribution is -0.107. The third-order valence-electron chi connectivity index (χ3n) is 0.623. The molecule has 0 saturated carbocycles. The van der Waals surface area contributed by atoms with E-state index < -0.39 is 0 Å². The Morgan fingerprint density at radius 2 is 2.50 bits per heavy atom. The van der Waals surface area contributed by atoms with Gasteiger partial charge in [-0.3, -0.25) is 4.79 Å². The summed E-state index contributed by atoms with van der Waals surface area (Å²) in [7, 11) is 0. The van der Waals surface area contributed by atoms with Gasteiger partial charge in [-0.2, -0.15) is 0 Å². The molecule has 0 aromatic rings. The predicted octanol–water partition coefficient (Wildman–Crippen LogP) is 1.13. The number of ether oxygens (including phenoxy) is 1. The Labute approximate surface area is 49.1 Å². The van der Waals surface area contributed by atoms with Crippen LogP contribution in [0.4, 0.5) is 0 Å². The van der Waals surface area contributed by atoms with Crippen LogP contribution < -0.4 is 0 Å². The zero-order valence-corrected chi connectivity index (χ0v) is 5.02. The zero-order chi connectivity index (χ0) is 6.41. The SMILES string of the molecule is C=C(C=O)OCCC. The lowest BCUT2D eigenvalue weighted by Crippen LogP contribution is -1.91. The molecule has 0 fully saturated rings. The molecule has 0 N–H and O–H groups in total. The second-order valence-corrected chi connectivity index (χ2v) is 1.43. The van der Waals surface area contributed by atoms with Crippen molar-refractivity contribution in [3.05, 3.63) is 12.3 Å². The molecule has 0 saturated heterocycles. The molecule has 46 valence electrons. The minimum Gasteiger partial charge on any atom is -0.491 e. The van der Waals surface area contributed by atoms with Gasteiger partial charge in [0.2, 0.25) is 0 Å². The first-order chi connectivity index (χ1) is 3.81. The van der Waals surface area contributed by atoms with Crippen molar-refractivity contribution in [3.8, 4) is 0 Å². The number of hydrogen-bond acceptors (Lipinski definition) is 2. The molecule has 0 aromatic carbocycles. The van der Waals surface area contributed by atoms with Crippen molar-refractivity contribution < 1.29 is 9.53 Å². The van der Waals surface area contributed by atoms with Gasteiger partial charge in [-0.05, 0) is 6.42 Å². The molecule has 0 aromatic heterocycles. The van der Waals surface area contributed by atoms with E-state index >= 15 is 0 Å². The molecule has 0 aliphatic rings. The largest absolute Gasteiger partial charge is 0.491 e. The van der Waals surface area contributed by atoms with E-state index in [0.29, 0.717) is 12.9 Å². The number of rotatable bonds is 4. The van der Waals surface area contributed by atoms with Crippen LogP contribution in [-0.2, 0) is 9.53 Å². The lowest BCUT2D eigenvalue weighted by atomic mass is 10.5. The van der Waals surface area contributed by atoms with Gasteiger partial charge in [0.1, 0.15) is 0 Å². The van der Waals surface area contributed by atoms with Crippen LogP contribution >= 0.6 is 0 Å². The van der Waals surface area contributed by atoms with Crippen LogP contribution in [0.2, 0.25) is 0 Å². The highest BCUT2D eigenvalue weighted by Gasteiger charge is 1.85. The zero-order valence-electron chi connectivity index (χ0n) is 5.02. The molecule has 0 bridgehead atoms. The standard InChI is InChI=1S/C6H10O2/c1-3-4-8-6(2)5-7/h5H,2-4H2,1H3. The summed E-state index contributed by atoms with van der Waals surface area (Å²) in [6.45, 7) is 5.87. The van der Waals surface area contributed by atoms with Gasteiger partial charge >= 0.3 is 0 Å². The molecule has 0 unspecified atom stereocenters. The van der Waals surface area contributed by atoms with E-state index in [-0.39, 0.29) is 5.76 Å². The highest BCUT2D eigenvalue weighted by Crippen LogP contribution is 1.88. The van der Waals surface area contributed by atoms with Gasteiger partial charge in [-0.1, -0.05) is 13.5 Å². The molecular formula is C6H10O2. The van der Waals surface area contributed by atoms with Crippen LogP contribution in [0.5, 0.6) is 0 Å². The minimum atomic E-state index is 0.215. The monoisotopic (exact) mass is 114 g/mol. The van der Waals surface area contributed by atoms with Crippen LogP contribution in [0.1, 0.15) is 13.3 Å². The third-order valence-corrected chi connectivity index (χ3v) is 0.623. The van der Waals surface area contributed by atoms with E-state index in [9.17, 15) is 4.79 Å². The summed E-state index contributed by atoms with van der Waals surface area (Å²) in [6, 6.07) is 0. The Bertz CT molecular complexity index is 86.5. The highest BCUT2D eigenvalue weighted by atomic mass is 16.5. The fraction of sp³-hybridized carbons (Fsp3) is 0.500. The molecule has 0 spiro atoms. The van der Waals surface area contributed by atoms with Crippen LogP contribution in [0.25, 0.3) is 0 Å². The average molecular weight is 114 g/mol. The van der Waals surface area contributed by atoms with Crippen molar-refractivity contribution in [2.75, 3.05) is 6.61 Å². The van der Waals surface area contributed by atoms with Crippen molar-refractivity contribution in [1.82, 2.24) is 0 Å². The van der Waals surface area contributed by atoms with Crippen LogP contribution in [0.3, 0.4) is 0 Å². The first-order valence-electron chi connectivity index (χ1n) is 2.58. The Morgan fingerprint density at radius 1 is 1.88 bits per heavy atom. The number of aldehydes is 1. The molecule has 0 rings (SSSR count). The first kappa shape index (κ1) is 7.21. The summed E-state index contributed by atoms with van der Waals surface area (Å²) in [5.41, 5.74) is 0. The second-order valence-electron chi connectivity index (χ2n) is 1.43. The molecular weight excluding hydrogens is 104 g/mol. The second kappa shape index (κ2) is 4.37. The topological polar surface area (TPSA) is 26.3 Å². The molecule has 2 nitrogen and oxygen atoms in total. The van der Waals surface area contributed by atoms with E-state index in [2.05, 4.69) is 6.58 Å². The van der Waals surface area contributed by atoms with Crippen LogP contribution in [0.15, 0.2) is 12.3 Å². The highest BCUT2D eigenvalue weighted by molar-refractivity contribution is 5.68. The Hall–Kier alpha value is -0.790. The van der Waals surface area contributed by atoms with Crippen LogP contribution in [0, 0.1) is 0 Å². The molecule has 0 atom stereocenters. The van der Waals surface area contributed by atoms with E-state index in [4.69, 9.17) is 4.74 Å². The van der Waals surface area contributed by atoms with Crippen molar-refractivity contribution in [3.63, 3.8) is 0 Å². The number of allylic oxidation sites excluding steroid dienone is 1. The summed E-state index contributed by atoms with van der Waals surface area (Å²) in [5.74, 6) is 0.215. The van der Waals surface area contributed by atoms with Gasteiger partial charge in [0.25, 0.3) is 0 Å². The quantitative estimate of drug-likeness (QED) is 0.311. The van der Waals surface area contributed by atoms with Crippen molar-refractivity contribution in [2.45, 2.75) is 13.3 Å². The van der Waals surface area contributed by atoms with Crippen molar-refractivity contribution in [2.24, 2.45) is 0 Å². The summed E-state index contributed by atoms with van der Waals surface area (Å²) >= 11 is 0. The molecule has 0 aliphatic carbocycles. The van der Waals surface area contributed by atoms with Gasteiger partial charge in [-0.15, -0.1) is 0 Å². The molecule has 2 heteroatoms. The molecule has 0 aliphatic heterocycles.